The Labute approximate surface area is 85.0 Å². The molecule has 1 rings (SSSR count). The number of methoxy groups -OCH3 is 1. The highest BCUT2D eigenvalue weighted by atomic mass is 16.5. The van der Waals surface area contributed by atoms with Gasteiger partial charge in [-0.15, -0.1) is 0 Å². The van der Waals surface area contributed by atoms with E-state index in [2.05, 4.69) is 0 Å². The van der Waals surface area contributed by atoms with E-state index in [4.69, 9.17) is 16.2 Å². The van der Waals surface area contributed by atoms with Crippen LogP contribution in [0.4, 0.5) is 5.69 Å². The highest BCUT2D eigenvalue weighted by Crippen LogP contribution is 2.21. The smallest absolute Gasteiger partial charge is 0.0655 e. The molecule has 0 radical (unpaired) electrons. The molecule has 1 aromatic carbocycles. The van der Waals surface area contributed by atoms with Gasteiger partial charge in [0.15, 0.2) is 0 Å². The van der Waals surface area contributed by atoms with Crippen molar-refractivity contribution in [2.75, 3.05) is 19.5 Å². The maximum atomic E-state index is 5.93. The Morgan fingerprint density at radius 1 is 1.29 bits per heavy atom. The van der Waals surface area contributed by atoms with Crippen LogP contribution >= 0.6 is 0 Å². The second-order valence-electron chi connectivity index (χ2n) is 3.63. The Kier molecular flexibility index (Phi) is 3.49. The third-order valence-electron chi connectivity index (χ3n) is 2.39. The zero-order valence-corrected chi connectivity index (χ0v) is 9.00. The number of rotatable bonds is 3. The third kappa shape index (κ3) is 2.25. The molecule has 78 valence electrons. The Balaban J connectivity index is 3.00. The van der Waals surface area contributed by atoms with Gasteiger partial charge in [0.25, 0.3) is 0 Å². The number of anilines is 1. The maximum Gasteiger partial charge on any atom is 0.0655 e. The van der Waals surface area contributed by atoms with Crippen LogP contribution in [-0.4, -0.2) is 13.7 Å². The molecule has 0 bridgehead atoms. The van der Waals surface area contributed by atoms with Crippen LogP contribution in [0, 0.1) is 13.8 Å². The number of hydrogen-bond donors (Lipinski definition) is 2. The van der Waals surface area contributed by atoms with Gasteiger partial charge in [-0.1, -0.05) is 12.1 Å². The number of nitrogen functional groups attached to an aromatic ring is 1. The summed E-state index contributed by atoms with van der Waals surface area (Å²) in [4.78, 5) is 0. The lowest BCUT2D eigenvalue weighted by atomic mass is 10.0. The van der Waals surface area contributed by atoms with Gasteiger partial charge in [0, 0.05) is 12.8 Å². The van der Waals surface area contributed by atoms with Crippen LogP contribution in [-0.2, 0) is 4.74 Å². The molecule has 14 heavy (non-hydrogen) atoms. The molecule has 1 aromatic rings. The second-order valence-corrected chi connectivity index (χ2v) is 3.63. The van der Waals surface area contributed by atoms with Crippen LogP contribution in [0.3, 0.4) is 0 Å². The van der Waals surface area contributed by atoms with Crippen molar-refractivity contribution in [2.45, 2.75) is 19.9 Å². The van der Waals surface area contributed by atoms with E-state index in [1.807, 2.05) is 26.0 Å². The Morgan fingerprint density at radius 2 is 1.79 bits per heavy atom. The zero-order chi connectivity index (χ0) is 10.7. The van der Waals surface area contributed by atoms with Crippen LogP contribution < -0.4 is 11.5 Å². The lowest BCUT2D eigenvalue weighted by Crippen LogP contribution is -2.16. The van der Waals surface area contributed by atoms with Crippen LogP contribution in [0.25, 0.3) is 0 Å². The molecule has 0 aliphatic rings. The maximum absolute atomic E-state index is 5.93. The van der Waals surface area contributed by atoms with Crippen molar-refractivity contribution < 1.29 is 4.74 Å². The summed E-state index contributed by atoms with van der Waals surface area (Å²) in [5.41, 5.74) is 15.9. The fourth-order valence-corrected chi connectivity index (χ4v) is 1.50. The van der Waals surface area contributed by atoms with E-state index >= 15 is 0 Å². The standard InChI is InChI=1S/C11H18N2O/c1-7-4-9(10(12)6-14-3)5-8(2)11(7)13/h4-5,10H,6,12-13H2,1-3H3/t10-/m0/s1. The Bertz CT molecular complexity index is 300. The topological polar surface area (TPSA) is 61.3 Å². The van der Waals surface area contributed by atoms with Gasteiger partial charge in [0.2, 0.25) is 0 Å². The monoisotopic (exact) mass is 194 g/mol. The summed E-state index contributed by atoms with van der Waals surface area (Å²) in [5, 5.41) is 0. The van der Waals surface area contributed by atoms with Gasteiger partial charge in [-0.3, -0.25) is 0 Å². The molecule has 0 aliphatic carbocycles. The van der Waals surface area contributed by atoms with E-state index in [1.54, 1.807) is 7.11 Å². The first-order valence-corrected chi connectivity index (χ1v) is 4.67. The number of aryl methyl sites for hydroxylation is 2. The normalized spacial score (nSPS) is 12.9. The van der Waals surface area contributed by atoms with Crippen molar-refractivity contribution in [1.82, 2.24) is 0 Å². The molecule has 4 N–H and O–H groups in total. The second kappa shape index (κ2) is 4.44. The fourth-order valence-electron chi connectivity index (χ4n) is 1.50. The molecule has 3 nitrogen and oxygen atoms in total. The van der Waals surface area contributed by atoms with Gasteiger partial charge < -0.3 is 16.2 Å². The van der Waals surface area contributed by atoms with E-state index in [9.17, 15) is 0 Å². The lowest BCUT2D eigenvalue weighted by molar-refractivity contribution is 0.181. The largest absolute Gasteiger partial charge is 0.398 e. The number of ether oxygens (including phenoxy) is 1. The first kappa shape index (κ1) is 11.0. The molecule has 0 aromatic heterocycles. The van der Waals surface area contributed by atoms with E-state index in [1.165, 1.54) is 0 Å². The molecule has 0 saturated carbocycles. The number of nitrogens with two attached hydrogens (primary N) is 2. The van der Waals surface area contributed by atoms with Gasteiger partial charge >= 0.3 is 0 Å². The minimum absolute atomic E-state index is 0.0713. The zero-order valence-electron chi connectivity index (χ0n) is 9.00. The Hall–Kier alpha value is -1.06. The highest BCUT2D eigenvalue weighted by molar-refractivity contribution is 5.54. The average molecular weight is 194 g/mol. The number of hydrogen-bond acceptors (Lipinski definition) is 3. The van der Waals surface area contributed by atoms with E-state index in [0.717, 1.165) is 22.4 Å². The minimum atomic E-state index is -0.0713. The third-order valence-corrected chi connectivity index (χ3v) is 2.39. The van der Waals surface area contributed by atoms with E-state index in [0.29, 0.717) is 6.61 Å². The molecular formula is C11H18N2O. The van der Waals surface area contributed by atoms with Crippen molar-refractivity contribution in [3.8, 4) is 0 Å². The van der Waals surface area contributed by atoms with Crippen LogP contribution in [0.15, 0.2) is 12.1 Å². The summed E-state index contributed by atoms with van der Waals surface area (Å²) in [6.45, 7) is 4.51. The van der Waals surface area contributed by atoms with Gasteiger partial charge in [-0.2, -0.15) is 0 Å². The van der Waals surface area contributed by atoms with Gasteiger partial charge in [-0.25, -0.2) is 0 Å². The predicted octanol–water partition coefficient (Wildman–Crippen LogP) is 1.53. The molecule has 0 fully saturated rings. The van der Waals surface area contributed by atoms with Crippen molar-refractivity contribution in [2.24, 2.45) is 5.73 Å². The molecular weight excluding hydrogens is 176 g/mol. The summed E-state index contributed by atoms with van der Waals surface area (Å²) in [6.07, 6.45) is 0. The van der Waals surface area contributed by atoms with Crippen LogP contribution in [0.1, 0.15) is 22.7 Å². The summed E-state index contributed by atoms with van der Waals surface area (Å²) >= 11 is 0. The summed E-state index contributed by atoms with van der Waals surface area (Å²) in [7, 11) is 1.65. The van der Waals surface area contributed by atoms with Gasteiger partial charge in [0.05, 0.1) is 12.6 Å². The van der Waals surface area contributed by atoms with E-state index in [-0.39, 0.29) is 6.04 Å². The van der Waals surface area contributed by atoms with Gasteiger partial charge in [-0.05, 0) is 30.5 Å². The lowest BCUT2D eigenvalue weighted by Gasteiger charge is -2.14. The summed E-state index contributed by atoms with van der Waals surface area (Å²) in [5.74, 6) is 0. The molecule has 0 amide bonds. The summed E-state index contributed by atoms with van der Waals surface area (Å²) < 4.78 is 5.01. The summed E-state index contributed by atoms with van der Waals surface area (Å²) in [6, 6.07) is 3.97. The minimum Gasteiger partial charge on any atom is -0.398 e. The molecule has 0 saturated heterocycles. The van der Waals surface area contributed by atoms with Crippen molar-refractivity contribution >= 4 is 5.69 Å². The molecule has 1 atom stereocenters. The molecule has 0 heterocycles. The van der Waals surface area contributed by atoms with Gasteiger partial charge in [0.1, 0.15) is 0 Å². The predicted molar refractivity (Wildman–Crippen MR) is 59.1 cm³/mol. The molecule has 0 aliphatic heterocycles. The van der Waals surface area contributed by atoms with Crippen LogP contribution in [0.5, 0.6) is 0 Å². The average Bonchev–Trinajstić information content (AvgIpc) is 2.13. The van der Waals surface area contributed by atoms with E-state index < -0.39 is 0 Å². The first-order valence-electron chi connectivity index (χ1n) is 4.67. The van der Waals surface area contributed by atoms with Crippen molar-refractivity contribution in [3.05, 3.63) is 28.8 Å². The Morgan fingerprint density at radius 3 is 2.21 bits per heavy atom. The molecule has 3 heteroatoms. The first-order chi connectivity index (χ1) is 6.56. The highest BCUT2D eigenvalue weighted by Gasteiger charge is 2.08. The molecule has 0 spiro atoms. The van der Waals surface area contributed by atoms with Crippen molar-refractivity contribution in [1.29, 1.82) is 0 Å². The fraction of sp³-hybridized carbons (Fsp3) is 0.455. The van der Waals surface area contributed by atoms with Crippen molar-refractivity contribution in [3.63, 3.8) is 0 Å². The number of benzene rings is 1. The SMILES string of the molecule is COC[C@H](N)c1cc(C)c(N)c(C)c1. The van der Waals surface area contributed by atoms with Crippen LogP contribution in [0.2, 0.25) is 0 Å². The quantitative estimate of drug-likeness (QED) is 0.717. The molecule has 0 unspecified atom stereocenters.